The van der Waals surface area contributed by atoms with Crippen LogP contribution in [-0.4, -0.2) is 12.6 Å². The zero-order valence-corrected chi connectivity index (χ0v) is 11.9. The average molecular weight is 259 g/mol. The van der Waals surface area contributed by atoms with Gasteiger partial charge in [-0.1, -0.05) is 37.6 Å². The first kappa shape index (κ1) is 14.1. The van der Waals surface area contributed by atoms with Gasteiger partial charge in [0.1, 0.15) is 12.4 Å². The molecule has 1 saturated carbocycles. The Bertz CT molecular complexity index is 379. The van der Waals surface area contributed by atoms with Gasteiger partial charge in [0.15, 0.2) is 0 Å². The van der Waals surface area contributed by atoms with Crippen LogP contribution in [0.4, 0.5) is 0 Å². The van der Waals surface area contributed by atoms with Crippen molar-refractivity contribution in [3.05, 3.63) is 42.5 Å². The molecule has 0 amide bonds. The molecule has 0 aromatic heterocycles. The van der Waals surface area contributed by atoms with Gasteiger partial charge in [0.25, 0.3) is 0 Å². The fourth-order valence-electron chi connectivity index (χ4n) is 2.76. The molecule has 2 nitrogen and oxygen atoms in total. The number of rotatable bonds is 7. The van der Waals surface area contributed by atoms with E-state index in [1.54, 1.807) is 6.08 Å². The number of ether oxygens (including phenoxy) is 1. The first-order valence-electron chi connectivity index (χ1n) is 7.35. The average Bonchev–Trinajstić information content (AvgIpc) is 2.98. The molecule has 0 spiro atoms. The molecule has 0 unspecified atom stereocenters. The Morgan fingerprint density at radius 2 is 2.00 bits per heavy atom. The van der Waals surface area contributed by atoms with E-state index in [4.69, 9.17) is 4.74 Å². The minimum atomic E-state index is 0.566. The molecule has 1 aromatic carbocycles. The molecule has 0 bridgehead atoms. The molecule has 0 radical (unpaired) electrons. The Kier molecular flexibility index (Phi) is 5.46. The van der Waals surface area contributed by atoms with Gasteiger partial charge in [-0.2, -0.15) is 0 Å². The molecular weight excluding hydrogens is 234 g/mol. The highest BCUT2D eigenvalue weighted by molar-refractivity contribution is 5.27. The molecule has 0 aliphatic heterocycles. The lowest BCUT2D eigenvalue weighted by molar-refractivity contribution is 0.362. The normalized spacial score (nSPS) is 17.3. The first-order valence-corrected chi connectivity index (χ1v) is 7.35. The van der Waals surface area contributed by atoms with Crippen LogP contribution in [0.5, 0.6) is 5.75 Å². The van der Waals surface area contributed by atoms with Crippen molar-refractivity contribution in [2.75, 3.05) is 6.61 Å². The fourth-order valence-corrected chi connectivity index (χ4v) is 2.76. The number of benzene rings is 1. The smallest absolute Gasteiger partial charge is 0.119 e. The van der Waals surface area contributed by atoms with E-state index in [0.29, 0.717) is 12.6 Å². The van der Waals surface area contributed by atoms with Gasteiger partial charge < -0.3 is 10.1 Å². The SMILES string of the molecule is C=CCOc1ccc(CN[C@H](C)C2CCCC2)cc1. The van der Waals surface area contributed by atoms with Crippen molar-refractivity contribution in [2.24, 2.45) is 5.92 Å². The van der Waals surface area contributed by atoms with Crippen molar-refractivity contribution in [3.8, 4) is 5.75 Å². The third-order valence-corrected chi connectivity index (χ3v) is 4.03. The molecule has 2 rings (SSSR count). The van der Waals surface area contributed by atoms with E-state index in [0.717, 1.165) is 18.2 Å². The van der Waals surface area contributed by atoms with Gasteiger partial charge in [0.05, 0.1) is 0 Å². The third-order valence-electron chi connectivity index (χ3n) is 4.03. The van der Waals surface area contributed by atoms with E-state index in [2.05, 4.69) is 31.0 Å². The third kappa shape index (κ3) is 4.39. The fraction of sp³-hybridized carbons (Fsp3) is 0.529. The number of hydrogen-bond acceptors (Lipinski definition) is 2. The van der Waals surface area contributed by atoms with Gasteiger partial charge in [-0.3, -0.25) is 0 Å². The minimum absolute atomic E-state index is 0.566. The molecule has 1 fully saturated rings. The van der Waals surface area contributed by atoms with Crippen molar-refractivity contribution < 1.29 is 4.74 Å². The molecule has 0 heterocycles. The molecule has 1 aliphatic carbocycles. The summed E-state index contributed by atoms with van der Waals surface area (Å²) in [6.07, 6.45) is 7.36. The first-order chi connectivity index (χ1) is 9.29. The summed E-state index contributed by atoms with van der Waals surface area (Å²) in [5.41, 5.74) is 1.32. The van der Waals surface area contributed by atoms with E-state index in [-0.39, 0.29) is 0 Å². The van der Waals surface area contributed by atoms with Gasteiger partial charge >= 0.3 is 0 Å². The molecule has 2 heteroatoms. The Morgan fingerprint density at radius 1 is 1.32 bits per heavy atom. The molecule has 0 saturated heterocycles. The molecule has 1 N–H and O–H groups in total. The van der Waals surface area contributed by atoms with Crippen molar-refractivity contribution in [1.82, 2.24) is 5.32 Å². The van der Waals surface area contributed by atoms with Crippen LogP contribution in [-0.2, 0) is 6.54 Å². The highest BCUT2D eigenvalue weighted by Gasteiger charge is 2.20. The van der Waals surface area contributed by atoms with Crippen LogP contribution < -0.4 is 10.1 Å². The summed E-state index contributed by atoms with van der Waals surface area (Å²) in [6.45, 7) is 7.47. The van der Waals surface area contributed by atoms with Crippen LogP contribution in [0, 0.1) is 5.92 Å². The topological polar surface area (TPSA) is 21.3 Å². The molecule has 1 aromatic rings. The van der Waals surface area contributed by atoms with Crippen LogP contribution >= 0.6 is 0 Å². The summed E-state index contributed by atoms with van der Waals surface area (Å²) in [5, 5.41) is 3.65. The van der Waals surface area contributed by atoms with Gasteiger partial charge in [-0.25, -0.2) is 0 Å². The van der Waals surface area contributed by atoms with Crippen molar-refractivity contribution >= 4 is 0 Å². The van der Waals surface area contributed by atoms with Crippen molar-refractivity contribution in [1.29, 1.82) is 0 Å². The van der Waals surface area contributed by atoms with Gasteiger partial charge in [-0.05, 0) is 43.4 Å². The quantitative estimate of drug-likeness (QED) is 0.749. The second kappa shape index (κ2) is 7.34. The lowest BCUT2D eigenvalue weighted by Crippen LogP contribution is -2.31. The maximum absolute atomic E-state index is 5.48. The van der Waals surface area contributed by atoms with Crippen LogP contribution in [0.25, 0.3) is 0 Å². The Balaban J connectivity index is 1.77. The standard InChI is InChI=1S/C17H25NO/c1-3-12-19-17-10-8-15(9-11-17)13-18-14(2)16-6-4-5-7-16/h3,8-11,14,16,18H,1,4-7,12-13H2,2H3/t14-/m1/s1. The summed E-state index contributed by atoms with van der Waals surface area (Å²) < 4.78 is 5.48. The van der Waals surface area contributed by atoms with Gasteiger partial charge in [-0.15, -0.1) is 0 Å². The largest absolute Gasteiger partial charge is 0.490 e. The second-order valence-electron chi connectivity index (χ2n) is 5.46. The van der Waals surface area contributed by atoms with Gasteiger partial charge in [0.2, 0.25) is 0 Å². The highest BCUT2D eigenvalue weighted by Crippen LogP contribution is 2.27. The monoisotopic (exact) mass is 259 g/mol. The summed E-state index contributed by atoms with van der Waals surface area (Å²) >= 11 is 0. The zero-order valence-electron chi connectivity index (χ0n) is 11.9. The molecule has 19 heavy (non-hydrogen) atoms. The van der Waals surface area contributed by atoms with Crippen LogP contribution in [0.3, 0.4) is 0 Å². The molecule has 1 aliphatic rings. The second-order valence-corrected chi connectivity index (χ2v) is 5.46. The van der Waals surface area contributed by atoms with Gasteiger partial charge in [0, 0.05) is 12.6 Å². The zero-order chi connectivity index (χ0) is 13.5. The van der Waals surface area contributed by atoms with E-state index in [1.165, 1.54) is 31.2 Å². The maximum Gasteiger partial charge on any atom is 0.119 e. The number of hydrogen-bond donors (Lipinski definition) is 1. The molecule has 104 valence electrons. The summed E-state index contributed by atoms with van der Waals surface area (Å²) in [5.74, 6) is 1.78. The summed E-state index contributed by atoms with van der Waals surface area (Å²) in [4.78, 5) is 0. The van der Waals surface area contributed by atoms with Crippen LogP contribution in [0.15, 0.2) is 36.9 Å². The lowest BCUT2D eigenvalue weighted by atomic mass is 9.99. The molecule has 1 atom stereocenters. The predicted octanol–water partition coefficient (Wildman–Crippen LogP) is 3.92. The summed E-state index contributed by atoms with van der Waals surface area (Å²) in [6, 6.07) is 8.94. The van der Waals surface area contributed by atoms with Crippen molar-refractivity contribution in [3.63, 3.8) is 0 Å². The molecular formula is C17H25NO. The Morgan fingerprint density at radius 3 is 2.63 bits per heavy atom. The predicted molar refractivity (Wildman–Crippen MR) is 80.4 cm³/mol. The Labute approximate surface area is 116 Å². The van der Waals surface area contributed by atoms with E-state index in [1.807, 2.05) is 12.1 Å². The van der Waals surface area contributed by atoms with Crippen LogP contribution in [0.1, 0.15) is 38.2 Å². The van der Waals surface area contributed by atoms with E-state index >= 15 is 0 Å². The lowest BCUT2D eigenvalue weighted by Gasteiger charge is -2.20. The maximum atomic E-state index is 5.48. The van der Waals surface area contributed by atoms with Crippen molar-refractivity contribution in [2.45, 2.75) is 45.2 Å². The minimum Gasteiger partial charge on any atom is -0.490 e. The van der Waals surface area contributed by atoms with E-state index in [9.17, 15) is 0 Å². The highest BCUT2D eigenvalue weighted by atomic mass is 16.5. The van der Waals surface area contributed by atoms with E-state index < -0.39 is 0 Å². The summed E-state index contributed by atoms with van der Waals surface area (Å²) in [7, 11) is 0. The van der Waals surface area contributed by atoms with Crippen LogP contribution in [0.2, 0.25) is 0 Å². The number of nitrogens with one attached hydrogen (secondary N) is 1. The Hall–Kier alpha value is -1.28.